The first-order chi connectivity index (χ1) is 12.4. The molecule has 3 aromatic rings. The van der Waals surface area contributed by atoms with Crippen molar-refractivity contribution in [3.8, 4) is 11.3 Å². The lowest BCUT2D eigenvalue weighted by atomic mass is 10.0. The number of rotatable bonds is 4. The Labute approximate surface area is 150 Å². The summed E-state index contributed by atoms with van der Waals surface area (Å²) in [6, 6.07) is 14.5. The molecule has 1 amide bonds. The molecule has 1 aromatic heterocycles. The lowest BCUT2D eigenvalue weighted by molar-refractivity contribution is -0.117. The van der Waals surface area contributed by atoms with Gasteiger partial charge in [-0.3, -0.25) is 9.59 Å². The summed E-state index contributed by atoms with van der Waals surface area (Å²) in [5, 5.41) is 6.86. The van der Waals surface area contributed by atoms with Crippen LogP contribution in [-0.2, 0) is 11.3 Å². The number of aromatic nitrogens is 2. The fraction of sp³-hybridized carbons (Fsp3) is 0.150. The van der Waals surface area contributed by atoms with Crippen molar-refractivity contribution in [1.82, 2.24) is 9.78 Å². The number of hydrogen-bond acceptors (Lipinski definition) is 3. The highest BCUT2D eigenvalue weighted by molar-refractivity contribution is 5.90. The highest BCUT2D eigenvalue weighted by Crippen LogP contribution is 2.21. The minimum absolute atomic E-state index is 0.256. The maximum atomic E-state index is 13.2. The lowest BCUT2D eigenvalue weighted by Crippen LogP contribution is -2.29. The van der Waals surface area contributed by atoms with E-state index in [2.05, 4.69) is 10.4 Å². The summed E-state index contributed by atoms with van der Waals surface area (Å²) >= 11 is 0. The average molecular weight is 351 g/mol. The van der Waals surface area contributed by atoms with Gasteiger partial charge in [0.25, 0.3) is 5.56 Å². The van der Waals surface area contributed by atoms with Gasteiger partial charge in [0, 0.05) is 17.3 Å². The number of hydrogen-bond donors (Lipinski definition) is 1. The van der Waals surface area contributed by atoms with Gasteiger partial charge < -0.3 is 5.32 Å². The Bertz CT molecular complexity index is 1030. The number of anilines is 1. The third-order valence-electron chi connectivity index (χ3n) is 3.93. The summed E-state index contributed by atoms with van der Waals surface area (Å²) in [4.78, 5) is 24.2. The molecule has 0 radical (unpaired) electrons. The molecule has 132 valence electrons. The molecular weight excluding hydrogens is 333 g/mol. The predicted octanol–water partition coefficient (Wildman–Crippen LogP) is 3.30. The Morgan fingerprint density at radius 1 is 1.12 bits per heavy atom. The van der Waals surface area contributed by atoms with E-state index in [1.54, 1.807) is 12.1 Å². The Balaban J connectivity index is 1.84. The van der Waals surface area contributed by atoms with E-state index in [-0.39, 0.29) is 12.1 Å². The molecule has 1 N–H and O–H groups in total. The Morgan fingerprint density at radius 3 is 2.65 bits per heavy atom. The summed E-state index contributed by atoms with van der Waals surface area (Å²) in [5.41, 5.74) is 3.62. The van der Waals surface area contributed by atoms with Gasteiger partial charge >= 0.3 is 0 Å². The quantitative estimate of drug-likeness (QED) is 0.784. The maximum absolute atomic E-state index is 13.2. The van der Waals surface area contributed by atoms with Crippen molar-refractivity contribution in [2.24, 2.45) is 0 Å². The summed E-state index contributed by atoms with van der Waals surface area (Å²) in [5.74, 6) is -0.905. The van der Waals surface area contributed by atoms with E-state index in [1.165, 1.54) is 24.3 Å². The molecule has 0 saturated heterocycles. The van der Waals surface area contributed by atoms with Crippen LogP contribution in [0.4, 0.5) is 10.1 Å². The summed E-state index contributed by atoms with van der Waals surface area (Å²) in [6.07, 6.45) is 0. The number of nitrogens with one attached hydrogen (secondary N) is 1. The molecule has 5 nitrogen and oxygen atoms in total. The first kappa shape index (κ1) is 17.5. The van der Waals surface area contributed by atoms with Crippen LogP contribution >= 0.6 is 0 Å². The monoisotopic (exact) mass is 351 g/mol. The standard InChI is InChI=1S/C20H18FN3O2/c1-13-6-7-17(14(2)10-13)18-8-9-20(26)24(23-18)12-19(25)22-16-5-3-4-15(21)11-16/h3-11H,12H2,1-2H3,(H,22,25). The summed E-state index contributed by atoms with van der Waals surface area (Å²) in [6.45, 7) is 3.71. The molecule has 0 saturated carbocycles. The smallest absolute Gasteiger partial charge is 0.267 e. The van der Waals surface area contributed by atoms with Crippen LogP contribution in [0.2, 0.25) is 0 Å². The van der Waals surface area contributed by atoms with Crippen molar-refractivity contribution in [3.63, 3.8) is 0 Å². The SMILES string of the molecule is Cc1ccc(-c2ccc(=O)n(CC(=O)Nc3cccc(F)c3)n2)c(C)c1. The van der Waals surface area contributed by atoms with Crippen molar-refractivity contribution < 1.29 is 9.18 Å². The van der Waals surface area contributed by atoms with Crippen molar-refractivity contribution in [2.75, 3.05) is 5.32 Å². The largest absolute Gasteiger partial charge is 0.324 e. The molecule has 0 spiro atoms. The fourth-order valence-electron chi connectivity index (χ4n) is 2.71. The average Bonchev–Trinajstić information content (AvgIpc) is 2.57. The van der Waals surface area contributed by atoms with Crippen molar-refractivity contribution in [2.45, 2.75) is 20.4 Å². The molecule has 2 aromatic carbocycles. The lowest BCUT2D eigenvalue weighted by Gasteiger charge is -2.10. The van der Waals surface area contributed by atoms with Gasteiger partial charge in [0.05, 0.1) is 5.69 Å². The van der Waals surface area contributed by atoms with Crippen molar-refractivity contribution in [1.29, 1.82) is 0 Å². The summed E-state index contributed by atoms with van der Waals surface area (Å²) < 4.78 is 14.3. The van der Waals surface area contributed by atoms with E-state index < -0.39 is 11.7 Å². The number of nitrogens with zero attached hydrogens (tertiary/aromatic N) is 2. The molecule has 0 unspecified atom stereocenters. The first-order valence-corrected chi connectivity index (χ1v) is 8.13. The van der Waals surface area contributed by atoms with Crippen molar-refractivity contribution >= 4 is 11.6 Å². The zero-order valence-corrected chi connectivity index (χ0v) is 14.5. The van der Waals surface area contributed by atoms with Gasteiger partial charge in [-0.2, -0.15) is 5.10 Å². The highest BCUT2D eigenvalue weighted by atomic mass is 19.1. The van der Waals surface area contributed by atoms with Crippen LogP contribution in [0.3, 0.4) is 0 Å². The molecule has 0 aliphatic carbocycles. The van der Waals surface area contributed by atoms with E-state index in [1.807, 2.05) is 32.0 Å². The van der Waals surface area contributed by atoms with Gasteiger partial charge in [0.15, 0.2) is 0 Å². The molecule has 0 aliphatic heterocycles. The van der Waals surface area contributed by atoms with Gasteiger partial charge in [-0.05, 0) is 43.7 Å². The van der Waals surface area contributed by atoms with Crippen molar-refractivity contribution in [3.05, 3.63) is 81.9 Å². The van der Waals surface area contributed by atoms with E-state index in [9.17, 15) is 14.0 Å². The maximum Gasteiger partial charge on any atom is 0.267 e. The normalized spacial score (nSPS) is 10.6. The second-order valence-electron chi connectivity index (χ2n) is 6.09. The highest BCUT2D eigenvalue weighted by Gasteiger charge is 2.10. The van der Waals surface area contributed by atoms with Crippen LogP contribution in [0.15, 0.2) is 59.4 Å². The van der Waals surface area contributed by atoms with E-state index in [0.29, 0.717) is 11.4 Å². The Hall–Kier alpha value is -3.28. The summed E-state index contributed by atoms with van der Waals surface area (Å²) in [7, 11) is 0. The van der Waals surface area contributed by atoms with E-state index >= 15 is 0 Å². The van der Waals surface area contributed by atoms with Gasteiger partial charge in [-0.15, -0.1) is 0 Å². The Kier molecular flexibility index (Phi) is 4.93. The number of benzene rings is 2. The molecule has 1 heterocycles. The zero-order valence-electron chi connectivity index (χ0n) is 14.5. The molecule has 3 rings (SSSR count). The molecule has 0 aliphatic rings. The zero-order chi connectivity index (χ0) is 18.7. The molecule has 26 heavy (non-hydrogen) atoms. The third kappa shape index (κ3) is 4.03. The van der Waals surface area contributed by atoms with Gasteiger partial charge in [0.2, 0.25) is 5.91 Å². The minimum Gasteiger partial charge on any atom is -0.324 e. The predicted molar refractivity (Wildman–Crippen MR) is 98.4 cm³/mol. The topological polar surface area (TPSA) is 64.0 Å². The van der Waals surface area contributed by atoms with Crippen LogP contribution in [0, 0.1) is 19.7 Å². The molecule has 6 heteroatoms. The number of halogens is 1. The molecule has 0 atom stereocenters. The number of amides is 1. The molecule has 0 bridgehead atoms. The van der Waals surface area contributed by atoms with Crippen LogP contribution in [0.5, 0.6) is 0 Å². The molecule has 0 fully saturated rings. The number of aryl methyl sites for hydroxylation is 2. The van der Waals surface area contributed by atoms with Crippen LogP contribution in [0.1, 0.15) is 11.1 Å². The first-order valence-electron chi connectivity index (χ1n) is 8.13. The second kappa shape index (κ2) is 7.31. The van der Waals surface area contributed by atoms with E-state index in [4.69, 9.17) is 0 Å². The molecular formula is C20H18FN3O2. The van der Waals surface area contributed by atoms with Gasteiger partial charge in [-0.25, -0.2) is 9.07 Å². The van der Waals surface area contributed by atoms with Gasteiger partial charge in [0.1, 0.15) is 12.4 Å². The second-order valence-corrected chi connectivity index (χ2v) is 6.09. The number of carbonyl (C=O) groups excluding carboxylic acids is 1. The van der Waals surface area contributed by atoms with Crippen LogP contribution in [-0.4, -0.2) is 15.7 Å². The van der Waals surface area contributed by atoms with E-state index in [0.717, 1.165) is 21.4 Å². The van der Waals surface area contributed by atoms with Crippen LogP contribution in [0.25, 0.3) is 11.3 Å². The third-order valence-corrected chi connectivity index (χ3v) is 3.93. The number of carbonyl (C=O) groups is 1. The Morgan fingerprint density at radius 2 is 1.92 bits per heavy atom. The fourth-order valence-corrected chi connectivity index (χ4v) is 2.71. The minimum atomic E-state index is -0.456. The van der Waals surface area contributed by atoms with Crippen LogP contribution < -0.4 is 10.9 Å². The van der Waals surface area contributed by atoms with Gasteiger partial charge in [-0.1, -0.05) is 29.8 Å².